The number of fused-ring (bicyclic) bond motifs is 1. The molecule has 3 nitrogen and oxygen atoms in total. The third-order valence-electron chi connectivity index (χ3n) is 6.93. The van der Waals surface area contributed by atoms with Crippen molar-refractivity contribution in [3.8, 4) is 0 Å². The van der Waals surface area contributed by atoms with Gasteiger partial charge in [-0.3, -0.25) is 4.79 Å². The summed E-state index contributed by atoms with van der Waals surface area (Å²) >= 11 is 1.73. The fraction of sp³-hybridized carbons (Fsp3) is 0.789. The van der Waals surface area contributed by atoms with E-state index in [1.54, 1.807) is 11.3 Å². The van der Waals surface area contributed by atoms with Gasteiger partial charge < -0.3 is 5.32 Å². The zero-order chi connectivity index (χ0) is 15.6. The third kappa shape index (κ3) is 2.36. The van der Waals surface area contributed by atoms with Gasteiger partial charge in [-0.1, -0.05) is 6.92 Å². The first-order valence-electron chi connectivity index (χ1n) is 9.40. The molecule has 6 rings (SSSR count). The molecular weight excluding hydrogens is 304 g/mol. The van der Waals surface area contributed by atoms with Gasteiger partial charge in [0.2, 0.25) is 5.91 Å². The van der Waals surface area contributed by atoms with Crippen molar-refractivity contribution in [3.63, 3.8) is 0 Å². The summed E-state index contributed by atoms with van der Waals surface area (Å²) in [6.45, 7) is 2.32. The van der Waals surface area contributed by atoms with E-state index in [0.717, 1.165) is 60.9 Å². The number of nitrogens with one attached hydrogen (secondary N) is 1. The van der Waals surface area contributed by atoms with Crippen molar-refractivity contribution < 1.29 is 4.79 Å². The molecule has 0 spiro atoms. The van der Waals surface area contributed by atoms with E-state index in [2.05, 4.69) is 12.2 Å². The summed E-state index contributed by atoms with van der Waals surface area (Å²) < 4.78 is 0. The summed E-state index contributed by atoms with van der Waals surface area (Å²) in [6, 6.07) is 0. The van der Waals surface area contributed by atoms with Crippen LogP contribution in [0.25, 0.3) is 0 Å². The summed E-state index contributed by atoms with van der Waals surface area (Å²) in [5, 5.41) is 4.11. The zero-order valence-electron chi connectivity index (χ0n) is 13.9. The predicted octanol–water partition coefficient (Wildman–Crippen LogP) is 4.42. The number of amides is 1. The Bertz CT molecular complexity index is 615. The number of nitrogens with zero attached hydrogens (tertiary/aromatic N) is 1. The third-order valence-corrected chi connectivity index (χ3v) is 7.96. The topological polar surface area (TPSA) is 42.0 Å². The highest BCUT2D eigenvalue weighted by Crippen LogP contribution is 2.60. The monoisotopic (exact) mass is 330 g/mol. The van der Waals surface area contributed by atoms with E-state index >= 15 is 0 Å². The summed E-state index contributed by atoms with van der Waals surface area (Å²) in [7, 11) is 0. The maximum atomic E-state index is 13.1. The van der Waals surface area contributed by atoms with Crippen LogP contribution in [0, 0.1) is 29.1 Å². The molecule has 1 heterocycles. The van der Waals surface area contributed by atoms with Crippen LogP contribution in [0.1, 0.15) is 62.4 Å². The van der Waals surface area contributed by atoms with E-state index in [4.69, 9.17) is 4.98 Å². The maximum Gasteiger partial charge on any atom is 0.232 e. The molecule has 23 heavy (non-hydrogen) atoms. The number of carbonyl (C=O) groups is 1. The molecule has 1 N–H and O–H groups in total. The number of hydrogen-bond acceptors (Lipinski definition) is 3. The quantitative estimate of drug-likeness (QED) is 0.872. The molecule has 124 valence electrons. The first-order valence-corrected chi connectivity index (χ1v) is 10.2. The van der Waals surface area contributed by atoms with Crippen LogP contribution in [-0.4, -0.2) is 10.9 Å². The van der Waals surface area contributed by atoms with Gasteiger partial charge in [0.25, 0.3) is 0 Å². The Morgan fingerprint density at radius 1 is 1.17 bits per heavy atom. The highest BCUT2D eigenvalue weighted by atomic mass is 32.1. The van der Waals surface area contributed by atoms with Crippen LogP contribution in [0.15, 0.2) is 0 Å². The normalized spacial score (nSPS) is 40.9. The lowest BCUT2D eigenvalue weighted by Crippen LogP contribution is -2.51. The minimum Gasteiger partial charge on any atom is -0.301 e. The molecule has 0 saturated heterocycles. The molecule has 1 amide bonds. The van der Waals surface area contributed by atoms with Gasteiger partial charge in [-0.25, -0.2) is 4.98 Å². The number of aromatic nitrogens is 1. The SMILES string of the molecule is C[C@@H]1CCc2nc(NC(=O)C34CC5CC(CC(C5)C3)C4)sc2C1. The molecule has 1 aromatic rings. The first kappa shape index (κ1) is 14.4. The first-order chi connectivity index (χ1) is 11.1. The molecule has 4 fully saturated rings. The van der Waals surface area contributed by atoms with Gasteiger partial charge in [-0.05, 0) is 81.5 Å². The average molecular weight is 330 g/mol. The second kappa shape index (κ2) is 5.05. The van der Waals surface area contributed by atoms with Gasteiger partial charge >= 0.3 is 0 Å². The van der Waals surface area contributed by atoms with E-state index in [9.17, 15) is 4.79 Å². The standard InChI is InChI=1S/C19H26N2OS/c1-11-2-3-15-16(4-11)23-18(20-15)21-17(22)19-8-12-5-13(9-19)7-14(6-12)10-19/h11-14H,2-10H2,1H3,(H,20,21,22)/t11-,12?,13?,14?,19?/m1/s1. The van der Waals surface area contributed by atoms with E-state index in [-0.39, 0.29) is 11.3 Å². The fourth-order valence-electron chi connectivity index (χ4n) is 6.21. The molecule has 4 bridgehead atoms. The molecule has 0 aliphatic heterocycles. The van der Waals surface area contributed by atoms with Gasteiger partial charge in [0.05, 0.1) is 11.1 Å². The van der Waals surface area contributed by atoms with Crippen molar-refractivity contribution in [2.75, 3.05) is 5.32 Å². The molecule has 0 aromatic carbocycles. The summed E-state index contributed by atoms with van der Waals surface area (Å²) in [5.74, 6) is 3.50. The van der Waals surface area contributed by atoms with E-state index in [0.29, 0.717) is 0 Å². The molecule has 5 aliphatic carbocycles. The smallest absolute Gasteiger partial charge is 0.232 e. The number of hydrogen-bond donors (Lipinski definition) is 1. The van der Waals surface area contributed by atoms with Crippen LogP contribution in [0.4, 0.5) is 5.13 Å². The molecule has 4 saturated carbocycles. The van der Waals surface area contributed by atoms with Crippen LogP contribution in [-0.2, 0) is 17.6 Å². The molecule has 0 radical (unpaired) electrons. The predicted molar refractivity (Wildman–Crippen MR) is 92.5 cm³/mol. The Labute approximate surface area is 142 Å². The molecule has 0 unspecified atom stereocenters. The van der Waals surface area contributed by atoms with Gasteiger partial charge in [-0.2, -0.15) is 0 Å². The van der Waals surface area contributed by atoms with Gasteiger partial charge in [0.15, 0.2) is 5.13 Å². The van der Waals surface area contributed by atoms with Crippen molar-refractivity contribution in [1.82, 2.24) is 4.98 Å². The fourth-order valence-corrected chi connectivity index (χ4v) is 7.38. The molecule has 4 heteroatoms. The van der Waals surface area contributed by atoms with Crippen LogP contribution in [0.3, 0.4) is 0 Å². The minimum atomic E-state index is -0.0613. The van der Waals surface area contributed by atoms with Crippen molar-refractivity contribution in [2.45, 2.75) is 64.7 Å². The van der Waals surface area contributed by atoms with Crippen LogP contribution < -0.4 is 5.32 Å². The van der Waals surface area contributed by atoms with Crippen LogP contribution in [0.2, 0.25) is 0 Å². The molecule has 1 aromatic heterocycles. The number of carbonyl (C=O) groups excluding carboxylic acids is 1. The Balaban J connectivity index is 1.36. The summed E-state index contributed by atoms with van der Waals surface area (Å²) in [4.78, 5) is 19.2. The van der Waals surface area contributed by atoms with Crippen molar-refractivity contribution in [2.24, 2.45) is 29.1 Å². The van der Waals surface area contributed by atoms with E-state index in [1.807, 2.05) is 0 Å². The van der Waals surface area contributed by atoms with Gasteiger partial charge in [-0.15, -0.1) is 11.3 Å². The zero-order valence-corrected chi connectivity index (χ0v) is 14.8. The molecule has 5 aliphatic rings. The van der Waals surface area contributed by atoms with Crippen molar-refractivity contribution in [3.05, 3.63) is 10.6 Å². The van der Waals surface area contributed by atoms with Gasteiger partial charge in [0, 0.05) is 4.88 Å². The maximum absolute atomic E-state index is 13.1. The molecule has 1 atom stereocenters. The Morgan fingerprint density at radius 2 is 1.83 bits per heavy atom. The van der Waals surface area contributed by atoms with Crippen molar-refractivity contribution >= 4 is 22.4 Å². The summed E-state index contributed by atoms with van der Waals surface area (Å²) in [5.41, 5.74) is 1.18. The lowest BCUT2D eigenvalue weighted by Gasteiger charge is -2.55. The summed E-state index contributed by atoms with van der Waals surface area (Å²) in [6.07, 6.45) is 11.0. The van der Waals surface area contributed by atoms with Gasteiger partial charge in [0.1, 0.15) is 0 Å². The Morgan fingerprint density at radius 3 is 2.48 bits per heavy atom. The van der Waals surface area contributed by atoms with Crippen LogP contribution >= 0.6 is 11.3 Å². The Hall–Kier alpha value is -0.900. The number of anilines is 1. The van der Waals surface area contributed by atoms with E-state index in [1.165, 1.54) is 36.3 Å². The minimum absolute atomic E-state index is 0.0613. The number of rotatable bonds is 2. The molecular formula is C19H26N2OS. The lowest BCUT2D eigenvalue weighted by molar-refractivity contribution is -0.140. The van der Waals surface area contributed by atoms with Crippen LogP contribution in [0.5, 0.6) is 0 Å². The number of thiazole rings is 1. The van der Waals surface area contributed by atoms with E-state index < -0.39 is 0 Å². The number of aryl methyl sites for hydroxylation is 1. The van der Waals surface area contributed by atoms with Crippen molar-refractivity contribution in [1.29, 1.82) is 0 Å². The largest absolute Gasteiger partial charge is 0.301 e. The second-order valence-corrected chi connectivity index (χ2v) is 9.97. The highest BCUT2D eigenvalue weighted by Gasteiger charge is 2.54. The average Bonchev–Trinajstić information content (AvgIpc) is 2.87. The second-order valence-electron chi connectivity index (χ2n) is 8.89. The lowest BCUT2D eigenvalue weighted by atomic mass is 9.49. The highest BCUT2D eigenvalue weighted by molar-refractivity contribution is 7.15. The Kier molecular flexibility index (Phi) is 3.17.